The summed E-state index contributed by atoms with van der Waals surface area (Å²) in [4.78, 5) is 27.7. The van der Waals surface area contributed by atoms with Crippen LogP contribution in [-0.2, 0) is 0 Å². The molecule has 1 N–H and O–H groups in total. The third-order valence-corrected chi connectivity index (χ3v) is 3.16. The van der Waals surface area contributed by atoms with Crippen LogP contribution in [0.4, 0.5) is 0 Å². The van der Waals surface area contributed by atoms with Gasteiger partial charge in [-0.3, -0.25) is 0 Å². The summed E-state index contributed by atoms with van der Waals surface area (Å²) in [6.45, 7) is 4.05. The Labute approximate surface area is 120 Å². The summed E-state index contributed by atoms with van der Waals surface area (Å²) in [5.74, 6) is -1.09. The van der Waals surface area contributed by atoms with E-state index in [1.54, 1.807) is 18.7 Å². The Morgan fingerprint density at radius 3 is 2.62 bits per heavy atom. The van der Waals surface area contributed by atoms with Crippen LogP contribution in [0, 0.1) is 0 Å². The quantitative estimate of drug-likeness (QED) is 0.791. The Morgan fingerprint density at radius 2 is 2.00 bits per heavy atom. The molecule has 0 aliphatic carbocycles. The van der Waals surface area contributed by atoms with Gasteiger partial charge in [0.25, 0.3) is 0 Å². The van der Waals surface area contributed by atoms with Crippen molar-refractivity contribution in [3.63, 3.8) is 0 Å². The summed E-state index contributed by atoms with van der Waals surface area (Å²) in [7, 11) is 0. The summed E-state index contributed by atoms with van der Waals surface area (Å²) in [6, 6.07) is 1.65. The second-order valence-corrected chi connectivity index (χ2v) is 4.90. The van der Waals surface area contributed by atoms with Crippen LogP contribution in [0.5, 0.6) is 0 Å². The number of hydrogen-bond donors (Lipinski definition) is 1. The van der Waals surface area contributed by atoms with Crippen molar-refractivity contribution < 1.29 is 9.90 Å². The Bertz CT molecular complexity index is 811. The van der Waals surface area contributed by atoms with Crippen LogP contribution in [0.25, 0.3) is 22.3 Å². The van der Waals surface area contributed by atoms with Crippen molar-refractivity contribution in [1.82, 2.24) is 24.5 Å². The first kappa shape index (κ1) is 13.2. The van der Waals surface area contributed by atoms with Gasteiger partial charge >= 0.3 is 5.97 Å². The molecular formula is C14H13N5O2. The summed E-state index contributed by atoms with van der Waals surface area (Å²) in [5.41, 5.74) is 2.51. The molecule has 0 aliphatic rings. The first-order valence-corrected chi connectivity index (χ1v) is 6.44. The van der Waals surface area contributed by atoms with Crippen molar-refractivity contribution in [1.29, 1.82) is 0 Å². The monoisotopic (exact) mass is 283 g/mol. The summed E-state index contributed by atoms with van der Waals surface area (Å²) >= 11 is 0. The maximum atomic E-state index is 11.2. The van der Waals surface area contributed by atoms with Gasteiger partial charge in [-0.25, -0.2) is 24.7 Å². The van der Waals surface area contributed by atoms with E-state index in [0.29, 0.717) is 16.8 Å². The number of carboxylic acid groups (broad SMARTS) is 1. The average molecular weight is 283 g/mol. The number of pyridine rings is 1. The van der Waals surface area contributed by atoms with E-state index in [9.17, 15) is 9.90 Å². The van der Waals surface area contributed by atoms with Gasteiger partial charge in [0.2, 0.25) is 0 Å². The molecule has 0 saturated carbocycles. The fraction of sp³-hybridized carbons (Fsp3) is 0.214. The van der Waals surface area contributed by atoms with Crippen molar-refractivity contribution >= 4 is 17.0 Å². The molecule has 7 nitrogen and oxygen atoms in total. The van der Waals surface area contributed by atoms with E-state index >= 15 is 0 Å². The summed E-state index contributed by atoms with van der Waals surface area (Å²) < 4.78 is 1.95. The van der Waals surface area contributed by atoms with Crippen molar-refractivity contribution in [2.75, 3.05) is 0 Å². The molecule has 0 spiro atoms. The lowest BCUT2D eigenvalue weighted by atomic mass is 10.1. The molecule has 3 heterocycles. The van der Waals surface area contributed by atoms with Crippen LogP contribution in [0.3, 0.4) is 0 Å². The molecule has 3 aromatic heterocycles. The zero-order chi connectivity index (χ0) is 15.0. The number of hydrogen-bond acceptors (Lipinski definition) is 5. The van der Waals surface area contributed by atoms with E-state index in [1.165, 1.54) is 12.4 Å². The molecule has 106 valence electrons. The summed E-state index contributed by atoms with van der Waals surface area (Å²) in [6.07, 6.45) is 6.33. The third-order valence-electron chi connectivity index (χ3n) is 3.16. The number of nitrogens with zero attached hydrogens (tertiary/aromatic N) is 5. The number of aromatic nitrogens is 5. The minimum absolute atomic E-state index is 0.0460. The molecule has 0 amide bonds. The molecule has 0 fully saturated rings. The van der Waals surface area contributed by atoms with Crippen LogP contribution in [-0.4, -0.2) is 35.6 Å². The van der Waals surface area contributed by atoms with E-state index in [-0.39, 0.29) is 11.7 Å². The smallest absolute Gasteiger partial charge is 0.354 e. The lowest BCUT2D eigenvalue weighted by Gasteiger charge is -2.11. The average Bonchev–Trinajstić information content (AvgIpc) is 2.91. The maximum absolute atomic E-state index is 11.2. The van der Waals surface area contributed by atoms with Gasteiger partial charge in [-0.05, 0) is 19.9 Å². The molecule has 0 aromatic carbocycles. The van der Waals surface area contributed by atoms with Crippen molar-refractivity contribution in [2.45, 2.75) is 19.9 Å². The van der Waals surface area contributed by atoms with Gasteiger partial charge in [0, 0.05) is 24.0 Å². The minimum Gasteiger partial charge on any atom is -0.477 e. The number of imidazole rings is 1. The molecule has 7 heteroatoms. The van der Waals surface area contributed by atoms with Gasteiger partial charge in [0.05, 0.1) is 17.4 Å². The molecular weight excluding hydrogens is 270 g/mol. The summed E-state index contributed by atoms with van der Waals surface area (Å²) in [5, 5.41) is 9.20. The number of carboxylic acids is 1. The van der Waals surface area contributed by atoms with E-state index < -0.39 is 5.97 Å². The first-order valence-electron chi connectivity index (χ1n) is 6.44. The van der Waals surface area contributed by atoms with Crippen molar-refractivity contribution in [2.24, 2.45) is 0 Å². The van der Waals surface area contributed by atoms with E-state index in [0.717, 1.165) is 5.52 Å². The highest BCUT2D eigenvalue weighted by molar-refractivity contribution is 5.96. The highest BCUT2D eigenvalue weighted by atomic mass is 16.4. The molecule has 0 saturated heterocycles. The minimum atomic E-state index is -1.09. The molecule has 3 rings (SSSR count). The van der Waals surface area contributed by atoms with Crippen LogP contribution < -0.4 is 0 Å². The van der Waals surface area contributed by atoms with Crippen LogP contribution in [0.15, 0.2) is 31.1 Å². The van der Waals surface area contributed by atoms with Crippen molar-refractivity contribution in [3.05, 3.63) is 36.8 Å². The Morgan fingerprint density at radius 1 is 1.29 bits per heavy atom. The lowest BCUT2D eigenvalue weighted by molar-refractivity contribution is 0.0691. The van der Waals surface area contributed by atoms with Crippen molar-refractivity contribution in [3.8, 4) is 11.3 Å². The molecule has 0 radical (unpaired) electrons. The van der Waals surface area contributed by atoms with Gasteiger partial charge in [-0.2, -0.15) is 0 Å². The molecule has 0 atom stereocenters. The Balaban J connectivity index is 2.38. The predicted molar refractivity (Wildman–Crippen MR) is 75.9 cm³/mol. The fourth-order valence-electron chi connectivity index (χ4n) is 2.18. The molecule has 0 unspecified atom stereocenters. The molecule has 0 aliphatic heterocycles. The van der Waals surface area contributed by atoms with Gasteiger partial charge < -0.3 is 9.67 Å². The zero-order valence-electron chi connectivity index (χ0n) is 11.6. The van der Waals surface area contributed by atoms with Gasteiger partial charge in [-0.1, -0.05) is 0 Å². The second kappa shape index (κ2) is 4.93. The fourth-order valence-corrected chi connectivity index (χ4v) is 2.18. The second-order valence-electron chi connectivity index (χ2n) is 4.90. The highest BCUT2D eigenvalue weighted by Crippen LogP contribution is 2.28. The van der Waals surface area contributed by atoms with E-state index in [2.05, 4.69) is 19.9 Å². The predicted octanol–water partition coefficient (Wildman–Crippen LogP) is 2.17. The number of rotatable bonds is 3. The maximum Gasteiger partial charge on any atom is 0.354 e. The molecule has 0 bridgehead atoms. The highest BCUT2D eigenvalue weighted by Gasteiger charge is 2.18. The number of aromatic carboxylic acids is 1. The van der Waals surface area contributed by atoms with Crippen LogP contribution in [0.2, 0.25) is 0 Å². The zero-order valence-corrected chi connectivity index (χ0v) is 11.6. The SMILES string of the molecule is CC(C)n1cnc2cc(C(=O)O)nc(-c3cncnc3)c21. The van der Waals surface area contributed by atoms with Gasteiger partial charge in [0.1, 0.15) is 12.0 Å². The number of carbonyl (C=O) groups is 1. The normalized spacial score (nSPS) is 11.2. The number of fused-ring (bicyclic) bond motifs is 1. The van der Waals surface area contributed by atoms with Crippen LogP contribution in [0.1, 0.15) is 30.4 Å². The lowest BCUT2D eigenvalue weighted by Crippen LogP contribution is -2.05. The largest absolute Gasteiger partial charge is 0.477 e. The molecule has 3 aromatic rings. The standard InChI is InChI=1S/C14H13N5O2/c1-8(2)19-7-17-10-3-11(14(20)21)18-12(13(10)19)9-4-15-6-16-5-9/h3-8H,1-2H3,(H,20,21). The first-order chi connectivity index (χ1) is 10.1. The molecule has 21 heavy (non-hydrogen) atoms. The Hall–Kier alpha value is -2.83. The third kappa shape index (κ3) is 2.22. The van der Waals surface area contributed by atoms with Gasteiger partial charge in [0.15, 0.2) is 5.69 Å². The van der Waals surface area contributed by atoms with Gasteiger partial charge in [-0.15, -0.1) is 0 Å². The van der Waals surface area contributed by atoms with E-state index in [4.69, 9.17) is 0 Å². The topological polar surface area (TPSA) is 93.8 Å². The van der Waals surface area contributed by atoms with Crippen LogP contribution >= 0.6 is 0 Å². The Kier molecular flexibility index (Phi) is 3.09. The van der Waals surface area contributed by atoms with E-state index in [1.807, 2.05) is 18.4 Å².